The van der Waals surface area contributed by atoms with Gasteiger partial charge in [0.2, 0.25) is 0 Å². The Kier molecular flexibility index (Phi) is 2.59. The van der Waals surface area contributed by atoms with Crippen molar-refractivity contribution in [3.8, 4) is 12.1 Å². The molecule has 0 aliphatic rings. The molecule has 0 amide bonds. The van der Waals surface area contributed by atoms with E-state index >= 15 is 0 Å². The van der Waals surface area contributed by atoms with Crippen LogP contribution in [0, 0.1) is 22.7 Å². The van der Waals surface area contributed by atoms with Gasteiger partial charge in [-0.05, 0) is 6.07 Å². The van der Waals surface area contributed by atoms with Crippen LogP contribution in [0.5, 0.6) is 0 Å². The lowest BCUT2D eigenvalue weighted by Gasteiger charge is -1.86. The maximum absolute atomic E-state index is 11.0. The Morgan fingerprint density at radius 2 is 2.17 bits per heavy atom. The van der Waals surface area contributed by atoms with Gasteiger partial charge in [0.1, 0.15) is 21.2 Å². The maximum Gasteiger partial charge on any atom is 0.110 e. The monoisotopic (exact) mass is 196 g/mol. The minimum absolute atomic E-state index is 0.345. The molecule has 1 rings (SSSR count). The smallest absolute Gasteiger partial charge is 0.110 e. The van der Waals surface area contributed by atoms with Crippen LogP contribution in [0.3, 0.4) is 0 Å². The second kappa shape index (κ2) is 3.48. The van der Waals surface area contributed by atoms with Crippen LogP contribution in [0.2, 0.25) is 0 Å². The predicted octanol–water partition coefficient (Wildman–Crippen LogP) is 1.23. The van der Waals surface area contributed by atoms with Crippen LogP contribution in [0.4, 0.5) is 0 Å². The lowest BCUT2D eigenvalue weighted by atomic mass is 10.3. The van der Waals surface area contributed by atoms with Gasteiger partial charge in [-0.2, -0.15) is 10.5 Å². The van der Waals surface area contributed by atoms with Gasteiger partial charge in [0.05, 0.1) is 16.4 Å². The van der Waals surface area contributed by atoms with Crippen molar-refractivity contribution in [2.75, 3.05) is 6.26 Å². The summed E-state index contributed by atoms with van der Waals surface area (Å²) in [5, 5.41) is 17.1. The van der Waals surface area contributed by atoms with Gasteiger partial charge in [0, 0.05) is 6.26 Å². The SMILES string of the molecule is CS(=O)c1sc(C#N)cc1C#N. The highest BCUT2D eigenvalue weighted by atomic mass is 32.2. The Morgan fingerprint density at radius 1 is 1.50 bits per heavy atom. The summed E-state index contributed by atoms with van der Waals surface area (Å²) in [6, 6.07) is 5.27. The minimum Gasteiger partial charge on any atom is -0.254 e. The molecule has 1 aromatic heterocycles. The highest BCUT2D eigenvalue weighted by molar-refractivity contribution is 7.86. The number of thiophene rings is 1. The van der Waals surface area contributed by atoms with E-state index < -0.39 is 10.8 Å². The van der Waals surface area contributed by atoms with Crippen LogP contribution < -0.4 is 0 Å². The van der Waals surface area contributed by atoms with Crippen molar-refractivity contribution in [3.05, 3.63) is 16.5 Å². The van der Waals surface area contributed by atoms with Gasteiger partial charge < -0.3 is 0 Å². The van der Waals surface area contributed by atoms with Crippen LogP contribution in [0.1, 0.15) is 10.4 Å². The van der Waals surface area contributed by atoms with Crippen molar-refractivity contribution in [2.45, 2.75) is 4.21 Å². The molecule has 12 heavy (non-hydrogen) atoms. The molecule has 0 saturated heterocycles. The zero-order chi connectivity index (χ0) is 9.14. The van der Waals surface area contributed by atoms with Crippen molar-refractivity contribution in [1.82, 2.24) is 0 Å². The molecule has 1 aromatic rings. The Bertz CT molecular complexity index is 408. The molecule has 0 spiro atoms. The molecule has 60 valence electrons. The van der Waals surface area contributed by atoms with E-state index in [1.54, 1.807) is 0 Å². The quantitative estimate of drug-likeness (QED) is 0.678. The summed E-state index contributed by atoms with van der Waals surface area (Å²) in [5.74, 6) is 0. The topological polar surface area (TPSA) is 64.7 Å². The molecular formula is C7H4N2OS2. The van der Waals surface area contributed by atoms with Crippen molar-refractivity contribution >= 4 is 22.1 Å². The summed E-state index contributed by atoms with van der Waals surface area (Å²) >= 11 is 1.11. The molecule has 1 unspecified atom stereocenters. The fourth-order valence-electron chi connectivity index (χ4n) is 0.721. The Balaban J connectivity index is 3.31. The summed E-state index contributed by atoms with van der Waals surface area (Å²) in [7, 11) is -1.18. The fourth-order valence-corrected chi connectivity index (χ4v) is 2.51. The standard InChI is InChI=1S/C7H4N2OS2/c1-12(10)7-5(3-8)2-6(4-9)11-7/h2H,1H3. The molecule has 0 saturated carbocycles. The van der Waals surface area contributed by atoms with Crippen molar-refractivity contribution < 1.29 is 4.21 Å². The van der Waals surface area contributed by atoms with E-state index in [4.69, 9.17) is 10.5 Å². The third kappa shape index (κ3) is 1.53. The molecule has 0 aliphatic heterocycles. The average molecular weight is 196 g/mol. The lowest BCUT2D eigenvalue weighted by molar-refractivity contribution is 0.688. The first kappa shape index (κ1) is 8.92. The number of nitrogens with zero attached hydrogens (tertiary/aromatic N) is 2. The number of hydrogen-bond donors (Lipinski definition) is 0. The first-order chi connectivity index (χ1) is 5.69. The van der Waals surface area contributed by atoms with E-state index in [1.165, 1.54) is 12.3 Å². The van der Waals surface area contributed by atoms with E-state index in [0.717, 1.165) is 11.3 Å². The molecule has 0 aliphatic carbocycles. The van der Waals surface area contributed by atoms with Crippen LogP contribution in [-0.2, 0) is 10.8 Å². The number of hydrogen-bond acceptors (Lipinski definition) is 4. The Morgan fingerprint density at radius 3 is 2.50 bits per heavy atom. The maximum atomic E-state index is 11.0. The largest absolute Gasteiger partial charge is 0.254 e. The van der Waals surface area contributed by atoms with E-state index in [2.05, 4.69) is 0 Å². The van der Waals surface area contributed by atoms with E-state index in [-0.39, 0.29) is 0 Å². The number of nitriles is 2. The first-order valence-electron chi connectivity index (χ1n) is 2.96. The highest BCUT2D eigenvalue weighted by Gasteiger charge is 2.10. The second-order valence-corrected chi connectivity index (χ2v) is 4.62. The molecular weight excluding hydrogens is 192 g/mol. The normalized spacial score (nSPS) is 11.6. The molecule has 0 N–H and O–H groups in total. The van der Waals surface area contributed by atoms with Crippen LogP contribution in [0.15, 0.2) is 10.3 Å². The first-order valence-corrected chi connectivity index (χ1v) is 5.34. The van der Waals surface area contributed by atoms with Gasteiger partial charge >= 0.3 is 0 Å². The van der Waals surface area contributed by atoms with Crippen LogP contribution in [0.25, 0.3) is 0 Å². The summed E-state index contributed by atoms with van der Waals surface area (Å²) < 4.78 is 11.5. The van der Waals surface area contributed by atoms with E-state index in [9.17, 15) is 4.21 Å². The Labute approximate surface area is 76.3 Å². The summed E-state index contributed by atoms with van der Waals surface area (Å²) in [5.41, 5.74) is 0.345. The summed E-state index contributed by atoms with van der Waals surface area (Å²) in [4.78, 5) is 0.428. The molecule has 0 bridgehead atoms. The molecule has 1 atom stereocenters. The molecule has 0 aromatic carbocycles. The van der Waals surface area contributed by atoms with Gasteiger partial charge in [-0.3, -0.25) is 4.21 Å². The van der Waals surface area contributed by atoms with Crippen LogP contribution in [-0.4, -0.2) is 10.5 Å². The van der Waals surface area contributed by atoms with Gasteiger partial charge in [-0.25, -0.2) is 0 Å². The van der Waals surface area contributed by atoms with Gasteiger partial charge in [0.25, 0.3) is 0 Å². The highest BCUT2D eigenvalue weighted by Crippen LogP contribution is 2.23. The number of rotatable bonds is 1. The van der Waals surface area contributed by atoms with Crippen molar-refractivity contribution in [3.63, 3.8) is 0 Å². The molecule has 5 heteroatoms. The van der Waals surface area contributed by atoms with Crippen molar-refractivity contribution in [1.29, 1.82) is 10.5 Å². The minimum atomic E-state index is -1.18. The Hall–Kier alpha value is -1.17. The van der Waals surface area contributed by atoms with Crippen LogP contribution >= 0.6 is 11.3 Å². The third-order valence-corrected chi connectivity index (χ3v) is 3.72. The zero-order valence-electron chi connectivity index (χ0n) is 6.20. The predicted molar refractivity (Wildman–Crippen MR) is 46.1 cm³/mol. The summed E-state index contributed by atoms with van der Waals surface area (Å²) in [6.45, 7) is 0. The van der Waals surface area contributed by atoms with Gasteiger partial charge in [0.15, 0.2) is 0 Å². The lowest BCUT2D eigenvalue weighted by Crippen LogP contribution is -1.84. The molecule has 0 radical (unpaired) electrons. The zero-order valence-corrected chi connectivity index (χ0v) is 7.83. The van der Waals surface area contributed by atoms with Gasteiger partial charge in [-0.15, -0.1) is 11.3 Å². The molecule has 0 fully saturated rings. The third-order valence-electron chi connectivity index (χ3n) is 1.19. The molecule has 3 nitrogen and oxygen atoms in total. The fraction of sp³-hybridized carbons (Fsp3) is 0.143. The van der Waals surface area contributed by atoms with Gasteiger partial charge in [-0.1, -0.05) is 0 Å². The molecule has 1 heterocycles. The van der Waals surface area contributed by atoms with E-state index in [0.29, 0.717) is 14.6 Å². The van der Waals surface area contributed by atoms with Crippen molar-refractivity contribution in [2.24, 2.45) is 0 Å². The summed E-state index contributed by atoms with van der Waals surface area (Å²) in [6.07, 6.45) is 1.49. The second-order valence-electron chi connectivity index (χ2n) is 1.99. The average Bonchev–Trinajstić information content (AvgIpc) is 2.47. The van der Waals surface area contributed by atoms with E-state index in [1.807, 2.05) is 12.1 Å².